The van der Waals surface area contributed by atoms with Crippen molar-refractivity contribution in [1.82, 2.24) is 29.5 Å². The molecule has 0 bridgehead atoms. The zero-order chi connectivity index (χ0) is 23.2. The number of H-pyrrole nitrogens is 1. The van der Waals surface area contributed by atoms with Crippen LogP contribution in [0.15, 0.2) is 41.6 Å². The highest BCUT2D eigenvalue weighted by molar-refractivity contribution is 6.32. The molecular formula is C18H12ClF3N6O4. The number of aromatic nitrogens is 6. The zero-order valence-corrected chi connectivity index (χ0v) is 16.7. The highest BCUT2D eigenvalue weighted by atomic mass is 35.5. The number of benzene rings is 1. The van der Waals surface area contributed by atoms with E-state index in [4.69, 9.17) is 16.7 Å². The molecule has 1 atom stereocenters. The largest absolute Gasteiger partial charge is 0.573 e. The van der Waals surface area contributed by atoms with Crippen LogP contribution in [0.1, 0.15) is 28.9 Å². The summed E-state index contributed by atoms with van der Waals surface area (Å²) in [4.78, 5) is 30.5. The number of nitrogens with one attached hydrogen (secondary N) is 1. The molecule has 0 fully saturated rings. The van der Waals surface area contributed by atoms with Crippen LogP contribution in [0.2, 0.25) is 5.02 Å². The van der Waals surface area contributed by atoms with Crippen LogP contribution in [0.5, 0.6) is 5.75 Å². The molecule has 3 heterocycles. The Kier molecular flexibility index (Phi) is 5.12. The van der Waals surface area contributed by atoms with Crippen molar-refractivity contribution in [3.05, 3.63) is 63.3 Å². The number of carboxylic acid groups (broad SMARTS) is 1. The van der Waals surface area contributed by atoms with Crippen molar-refractivity contribution in [3.8, 4) is 11.7 Å². The Morgan fingerprint density at radius 3 is 2.66 bits per heavy atom. The molecule has 14 heteroatoms. The summed E-state index contributed by atoms with van der Waals surface area (Å²) in [6.07, 6.45) is -1.26. The number of rotatable bonds is 5. The standard InChI is InChI=1S/C18H12ClF3N6O4/c1-8(9-2-3-13(11(19)4-9)32-18(20,21)22)28-14-12(6-24-28)25-17(26-15(14)29)27-7-10(5-23-27)16(30)31/h2-8H,1H3,(H,30,31)(H,25,26,29). The molecule has 0 radical (unpaired) electrons. The van der Waals surface area contributed by atoms with Gasteiger partial charge in [-0.3, -0.25) is 14.5 Å². The molecule has 0 saturated heterocycles. The number of carbonyl (C=O) groups is 1. The first-order chi connectivity index (χ1) is 15.0. The topological polar surface area (TPSA) is 128 Å². The molecule has 4 aromatic rings. The molecule has 0 aliphatic rings. The molecule has 1 unspecified atom stereocenters. The Bertz CT molecular complexity index is 1390. The van der Waals surface area contributed by atoms with E-state index < -0.39 is 29.7 Å². The van der Waals surface area contributed by atoms with Crippen LogP contribution in [-0.2, 0) is 0 Å². The second-order valence-corrected chi connectivity index (χ2v) is 7.01. The van der Waals surface area contributed by atoms with E-state index in [2.05, 4.69) is 24.9 Å². The Hall–Kier alpha value is -3.87. The zero-order valence-electron chi connectivity index (χ0n) is 16.0. The van der Waals surface area contributed by atoms with Crippen LogP contribution in [0, 0.1) is 0 Å². The first-order valence-electron chi connectivity index (χ1n) is 8.84. The van der Waals surface area contributed by atoms with Crippen molar-refractivity contribution >= 4 is 28.6 Å². The van der Waals surface area contributed by atoms with Crippen molar-refractivity contribution in [1.29, 1.82) is 0 Å². The number of nitrogens with zero attached hydrogens (tertiary/aromatic N) is 5. The summed E-state index contributed by atoms with van der Waals surface area (Å²) in [5.41, 5.74) is 0.0950. The SMILES string of the molecule is CC(c1ccc(OC(F)(F)F)c(Cl)c1)n1ncc2nc(-n3cc(C(=O)O)cn3)[nH]c(=O)c21. The van der Waals surface area contributed by atoms with E-state index in [1.807, 2.05) is 0 Å². The number of alkyl halides is 3. The number of hydrogen-bond donors (Lipinski definition) is 2. The summed E-state index contributed by atoms with van der Waals surface area (Å²) in [5.74, 6) is -1.75. The minimum absolute atomic E-state index is 0.0149. The van der Waals surface area contributed by atoms with Gasteiger partial charge in [0.25, 0.3) is 5.56 Å². The van der Waals surface area contributed by atoms with E-state index in [0.717, 1.165) is 16.9 Å². The molecule has 10 nitrogen and oxygen atoms in total. The average Bonchev–Trinajstić information content (AvgIpc) is 3.35. The fourth-order valence-electron chi connectivity index (χ4n) is 3.03. The maximum Gasteiger partial charge on any atom is 0.573 e. The van der Waals surface area contributed by atoms with Crippen molar-refractivity contribution < 1.29 is 27.8 Å². The molecule has 4 rings (SSSR count). The van der Waals surface area contributed by atoms with Crippen molar-refractivity contribution in [2.24, 2.45) is 0 Å². The summed E-state index contributed by atoms with van der Waals surface area (Å²) < 4.78 is 43.6. The Balaban J connectivity index is 1.70. The van der Waals surface area contributed by atoms with Gasteiger partial charge in [0.1, 0.15) is 11.3 Å². The fraction of sp³-hybridized carbons (Fsp3) is 0.167. The summed E-state index contributed by atoms with van der Waals surface area (Å²) in [6.45, 7) is 1.67. The van der Waals surface area contributed by atoms with Crippen LogP contribution in [0.3, 0.4) is 0 Å². The lowest BCUT2D eigenvalue weighted by molar-refractivity contribution is -0.274. The maximum absolute atomic E-state index is 12.7. The van der Waals surface area contributed by atoms with Gasteiger partial charge in [-0.25, -0.2) is 14.5 Å². The second-order valence-electron chi connectivity index (χ2n) is 6.60. The lowest BCUT2D eigenvalue weighted by Crippen LogP contribution is -2.19. The number of fused-ring (bicyclic) bond motifs is 1. The first kappa shape index (κ1) is 21.4. The third-order valence-electron chi connectivity index (χ3n) is 4.52. The molecule has 3 aromatic heterocycles. The first-order valence-corrected chi connectivity index (χ1v) is 9.22. The van der Waals surface area contributed by atoms with E-state index in [9.17, 15) is 22.8 Å². The predicted octanol–water partition coefficient (Wildman–Crippen LogP) is 3.16. The van der Waals surface area contributed by atoms with Crippen LogP contribution < -0.4 is 10.3 Å². The lowest BCUT2D eigenvalue weighted by Gasteiger charge is -2.16. The van der Waals surface area contributed by atoms with E-state index >= 15 is 0 Å². The third kappa shape index (κ3) is 4.01. The minimum atomic E-state index is -4.88. The van der Waals surface area contributed by atoms with Gasteiger partial charge in [0.2, 0.25) is 5.95 Å². The number of ether oxygens (including phenoxy) is 1. The number of hydrogen-bond acceptors (Lipinski definition) is 6. The molecule has 1 aromatic carbocycles. The smallest absolute Gasteiger partial charge is 0.478 e. The normalized spacial score (nSPS) is 12.8. The van der Waals surface area contributed by atoms with E-state index in [1.54, 1.807) is 6.92 Å². The fourth-order valence-corrected chi connectivity index (χ4v) is 3.26. The van der Waals surface area contributed by atoms with Gasteiger partial charge >= 0.3 is 12.3 Å². The summed E-state index contributed by atoms with van der Waals surface area (Å²) in [5, 5.41) is 16.8. The molecule has 0 saturated carbocycles. The van der Waals surface area contributed by atoms with Crippen LogP contribution >= 0.6 is 11.6 Å². The highest BCUT2D eigenvalue weighted by Gasteiger charge is 2.32. The van der Waals surface area contributed by atoms with E-state index in [-0.39, 0.29) is 27.6 Å². The van der Waals surface area contributed by atoms with Gasteiger partial charge in [0.05, 0.1) is 29.0 Å². The van der Waals surface area contributed by atoms with Gasteiger partial charge in [-0.2, -0.15) is 10.2 Å². The number of halogens is 4. The van der Waals surface area contributed by atoms with Crippen molar-refractivity contribution in [2.75, 3.05) is 0 Å². The molecule has 0 amide bonds. The predicted molar refractivity (Wildman–Crippen MR) is 104 cm³/mol. The molecule has 32 heavy (non-hydrogen) atoms. The maximum atomic E-state index is 12.7. The van der Waals surface area contributed by atoms with Gasteiger partial charge in [0, 0.05) is 6.20 Å². The number of carboxylic acids is 1. The van der Waals surface area contributed by atoms with Crippen LogP contribution in [0.4, 0.5) is 13.2 Å². The molecule has 0 spiro atoms. The van der Waals surface area contributed by atoms with Crippen LogP contribution in [0.25, 0.3) is 17.0 Å². The minimum Gasteiger partial charge on any atom is -0.478 e. The van der Waals surface area contributed by atoms with E-state index in [1.165, 1.54) is 29.2 Å². The van der Waals surface area contributed by atoms with Gasteiger partial charge in [-0.05, 0) is 24.6 Å². The molecule has 0 aliphatic carbocycles. The van der Waals surface area contributed by atoms with Crippen molar-refractivity contribution in [3.63, 3.8) is 0 Å². The van der Waals surface area contributed by atoms with Gasteiger partial charge in [0.15, 0.2) is 5.52 Å². The van der Waals surface area contributed by atoms with E-state index in [0.29, 0.717) is 5.56 Å². The molecule has 0 aliphatic heterocycles. The Morgan fingerprint density at radius 2 is 2.03 bits per heavy atom. The van der Waals surface area contributed by atoms with Gasteiger partial charge < -0.3 is 9.84 Å². The Morgan fingerprint density at radius 1 is 1.28 bits per heavy atom. The van der Waals surface area contributed by atoms with Crippen LogP contribution in [-0.4, -0.2) is 47.0 Å². The average molecular weight is 469 g/mol. The highest BCUT2D eigenvalue weighted by Crippen LogP contribution is 2.33. The third-order valence-corrected chi connectivity index (χ3v) is 4.82. The summed E-state index contributed by atoms with van der Waals surface area (Å²) in [6, 6.07) is 3.14. The summed E-state index contributed by atoms with van der Waals surface area (Å²) >= 11 is 5.92. The molecule has 2 N–H and O–H groups in total. The molecular weight excluding hydrogens is 457 g/mol. The lowest BCUT2D eigenvalue weighted by atomic mass is 10.1. The number of aromatic amines is 1. The van der Waals surface area contributed by atoms with Crippen molar-refractivity contribution in [2.45, 2.75) is 19.3 Å². The Labute approximate surface area is 180 Å². The van der Waals surface area contributed by atoms with Gasteiger partial charge in [-0.1, -0.05) is 17.7 Å². The monoisotopic (exact) mass is 468 g/mol. The van der Waals surface area contributed by atoms with Gasteiger partial charge in [-0.15, -0.1) is 13.2 Å². The second kappa shape index (κ2) is 7.67. The number of aromatic carboxylic acids is 1. The summed E-state index contributed by atoms with van der Waals surface area (Å²) in [7, 11) is 0. The molecule has 166 valence electrons. The quantitative estimate of drug-likeness (QED) is 0.460.